The minimum Gasteiger partial charge on any atom is -0.493 e. The van der Waals surface area contributed by atoms with Crippen LogP contribution in [0.3, 0.4) is 0 Å². The summed E-state index contributed by atoms with van der Waals surface area (Å²) in [7, 11) is 9.38. The van der Waals surface area contributed by atoms with Gasteiger partial charge in [-0.2, -0.15) is 0 Å². The fourth-order valence-corrected chi connectivity index (χ4v) is 4.16. The van der Waals surface area contributed by atoms with E-state index in [-0.39, 0.29) is 11.5 Å². The number of ketones is 1. The van der Waals surface area contributed by atoms with E-state index >= 15 is 0 Å². The average molecular weight is 516 g/mol. The smallest absolute Gasteiger partial charge is 0.212 e. The highest BCUT2D eigenvalue weighted by molar-refractivity contribution is 6.12. The Hall–Kier alpha value is -4.72. The fourth-order valence-electron chi connectivity index (χ4n) is 4.16. The van der Waals surface area contributed by atoms with Crippen molar-refractivity contribution in [1.82, 2.24) is 4.98 Å². The number of hydrogen-bond donors (Lipinski definition) is 0. The second-order valence-electron chi connectivity index (χ2n) is 8.16. The number of ether oxygens (including phenoxy) is 6. The van der Waals surface area contributed by atoms with Gasteiger partial charge >= 0.3 is 0 Å². The Morgan fingerprint density at radius 3 is 1.55 bits per heavy atom. The highest BCUT2D eigenvalue weighted by Gasteiger charge is 2.21. The van der Waals surface area contributed by atoms with Gasteiger partial charge in [0.05, 0.1) is 42.7 Å². The Morgan fingerprint density at radius 2 is 1.00 bits per heavy atom. The first-order valence-electron chi connectivity index (χ1n) is 11.7. The summed E-state index contributed by atoms with van der Waals surface area (Å²) in [5.41, 5.74) is 3.69. The molecule has 8 nitrogen and oxygen atoms in total. The lowest BCUT2D eigenvalue weighted by atomic mass is 9.95. The van der Waals surface area contributed by atoms with E-state index in [9.17, 15) is 4.79 Å². The maximum atomic E-state index is 13.8. The molecule has 0 unspecified atom stereocenters. The summed E-state index contributed by atoms with van der Waals surface area (Å²) in [6.07, 6.45) is 1.67. The minimum atomic E-state index is -0.269. The van der Waals surface area contributed by atoms with E-state index in [2.05, 4.69) is 4.98 Å². The highest BCUT2D eigenvalue weighted by atomic mass is 16.5. The number of pyridine rings is 1. The Kier molecular flexibility index (Phi) is 8.01. The van der Waals surface area contributed by atoms with Crippen LogP contribution in [0.25, 0.3) is 22.3 Å². The van der Waals surface area contributed by atoms with Crippen LogP contribution < -0.4 is 28.4 Å². The molecule has 3 aromatic carbocycles. The van der Waals surface area contributed by atoms with Gasteiger partial charge in [0, 0.05) is 22.9 Å². The van der Waals surface area contributed by atoms with Crippen LogP contribution in [0.5, 0.6) is 34.5 Å². The van der Waals surface area contributed by atoms with Gasteiger partial charge in [-0.05, 0) is 59.7 Å². The van der Waals surface area contributed by atoms with Crippen LogP contribution in [0.15, 0.2) is 66.9 Å². The quantitative estimate of drug-likeness (QED) is 0.249. The monoisotopic (exact) mass is 515 g/mol. The van der Waals surface area contributed by atoms with Crippen LogP contribution in [0.4, 0.5) is 0 Å². The van der Waals surface area contributed by atoms with Crippen LogP contribution in [0.2, 0.25) is 0 Å². The Bertz CT molecular complexity index is 1470. The predicted molar refractivity (Wildman–Crippen MR) is 144 cm³/mol. The Labute approximate surface area is 221 Å². The van der Waals surface area contributed by atoms with Crippen molar-refractivity contribution in [2.45, 2.75) is 0 Å². The zero-order valence-corrected chi connectivity index (χ0v) is 22.2. The van der Waals surface area contributed by atoms with Crippen molar-refractivity contribution in [2.24, 2.45) is 0 Å². The van der Waals surface area contributed by atoms with E-state index in [4.69, 9.17) is 28.4 Å². The standard InChI is InChI=1S/C30H29NO7/c1-33-23-10-7-18(14-26(23)36-4)21-13-22(19-8-11-24(34-2)27(15-19)37-5)29(31-17-21)30(32)20-9-12-25(35-3)28(16-20)38-6/h7-17H,1-6H3. The van der Waals surface area contributed by atoms with E-state index in [1.165, 1.54) is 7.11 Å². The maximum Gasteiger partial charge on any atom is 0.212 e. The molecule has 0 saturated heterocycles. The van der Waals surface area contributed by atoms with Crippen LogP contribution in [0, 0.1) is 0 Å². The lowest BCUT2D eigenvalue weighted by Crippen LogP contribution is -2.08. The van der Waals surface area contributed by atoms with Gasteiger partial charge in [-0.1, -0.05) is 12.1 Å². The molecule has 0 fully saturated rings. The van der Waals surface area contributed by atoms with E-state index in [0.29, 0.717) is 45.6 Å². The van der Waals surface area contributed by atoms with Gasteiger partial charge in [0.2, 0.25) is 5.78 Å². The molecule has 0 radical (unpaired) electrons. The molecule has 0 bridgehead atoms. The van der Waals surface area contributed by atoms with E-state index in [1.807, 2.05) is 36.4 Å². The Morgan fingerprint density at radius 1 is 0.526 bits per heavy atom. The first-order valence-corrected chi connectivity index (χ1v) is 11.7. The summed E-state index contributed by atoms with van der Waals surface area (Å²) >= 11 is 0. The van der Waals surface area contributed by atoms with Crippen molar-refractivity contribution in [3.05, 3.63) is 78.1 Å². The molecule has 1 heterocycles. The summed E-state index contributed by atoms with van der Waals surface area (Å²) in [6.45, 7) is 0. The van der Waals surface area contributed by atoms with Crippen LogP contribution >= 0.6 is 0 Å². The van der Waals surface area contributed by atoms with E-state index < -0.39 is 0 Å². The summed E-state index contributed by atoms with van der Waals surface area (Å²) in [5, 5.41) is 0. The molecular formula is C30H29NO7. The Balaban J connectivity index is 1.90. The largest absolute Gasteiger partial charge is 0.493 e. The van der Waals surface area contributed by atoms with Gasteiger partial charge in [0.1, 0.15) is 5.69 Å². The third kappa shape index (κ3) is 5.06. The second kappa shape index (κ2) is 11.6. The maximum absolute atomic E-state index is 13.8. The molecule has 0 spiro atoms. The van der Waals surface area contributed by atoms with Crippen molar-refractivity contribution in [3.8, 4) is 56.8 Å². The number of carbonyl (C=O) groups is 1. The molecule has 0 amide bonds. The lowest BCUT2D eigenvalue weighted by molar-refractivity contribution is 0.103. The van der Waals surface area contributed by atoms with Crippen LogP contribution in [-0.2, 0) is 0 Å². The van der Waals surface area contributed by atoms with Gasteiger partial charge in [-0.3, -0.25) is 9.78 Å². The number of methoxy groups -OCH3 is 6. The number of rotatable bonds is 10. The number of hydrogen-bond acceptors (Lipinski definition) is 8. The molecule has 196 valence electrons. The van der Waals surface area contributed by atoms with Gasteiger partial charge in [-0.15, -0.1) is 0 Å². The van der Waals surface area contributed by atoms with Gasteiger partial charge < -0.3 is 28.4 Å². The fraction of sp³-hybridized carbons (Fsp3) is 0.200. The number of carbonyl (C=O) groups excluding carboxylic acids is 1. The molecule has 38 heavy (non-hydrogen) atoms. The molecule has 0 saturated carbocycles. The van der Waals surface area contributed by atoms with Crippen molar-refractivity contribution in [1.29, 1.82) is 0 Å². The van der Waals surface area contributed by atoms with Gasteiger partial charge in [0.15, 0.2) is 34.5 Å². The van der Waals surface area contributed by atoms with E-state index in [1.54, 1.807) is 66.0 Å². The molecule has 0 aliphatic rings. The van der Waals surface area contributed by atoms with Crippen molar-refractivity contribution in [2.75, 3.05) is 42.7 Å². The number of benzene rings is 3. The van der Waals surface area contributed by atoms with E-state index in [0.717, 1.165) is 16.7 Å². The molecule has 4 aromatic rings. The highest BCUT2D eigenvalue weighted by Crippen LogP contribution is 2.38. The number of aromatic nitrogens is 1. The first kappa shape index (κ1) is 26.3. The summed E-state index contributed by atoms with van der Waals surface area (Å²) in [6, 6.07) is 18.0. The normalized spacial score (nSPS) is 10.5. The molecule has 8 heteroatoms. The van der Waals surface area contributed by atoms with Gasteiger partial charge in [0.25, 0.3) is 0 Å². The zero-order valence-electron chi connectivity index (χ0n) is 22.2. The van der Waals surface area contributed by atoms with Crippen molar-refractivity contribution < 1.29 is 33.2 Å². The molecule has 1 aromatic heterocycles. The average Bonchev–Trinajstić information content (AvgIpc) is 2.99. The molecule has 0 aliphatic carbocycles. The molecule has 0 atom stereocenters. The third-order valence-corrected chi connectivity index (χ3v) is 6.16. The molecular weight excluding hydrogens is 486 g/mol. The van der Waals surface area contributed by atoms with Crippen molar-refractivity contribution >= 4 is 5.78 Å². The topological polar surface area (TPSA) is 85.3 Å². The third-order valence-electron chi connectivity index (χ3n) is 6.16. The second-order valence-corrected chi connectivity index (χ2v) is 8.16. The molecule has 4 rings (SSSR count). The minimum absolute atomic E-state index is 0.269. The summed E-state index contributed by atoms with van der Waals surface area (Å²) in [4.78, 5) is 18.4. The summed E-state index contributed by atoms with van der Waals surface area (Å²) < 4.78 is 32.5. The summed E-state index contributed by atoms with van der Waals surface area (Å²) in [5.74, 6) is 3.02. The first-order chi connectivity index (χ1) is 18.5. The molecule has 0 N–H and O–H groups in total. The SMILES string of the molecule is COc1ccc(C(=O)c2ncc(-c3ccc(OC)c(OC)c3)cc2-c2ccc(OC)c(OC)c2)cc1OC. The van der Waals surface area contributed by atoms with Crippen LogP contribution in [0.1, 0.15) is 16.1 Å². The van der Waals surface area contributed by atoms with Gasteiger partial charge in [-0.25, -0.2) is 0 Å². The molecule has 0 aliphatic heterocycles. The number of nitrogens with zero attached hydrogens (tertiary/aromatic N) is 1. The zero-order chi connectivity index (χ0) is 27.2. The van der Waals surface area contributed by atoms with Crippen molar-refractivity contribution in [3.63, 3.8) is 0 Å². The van der Waals surface area contributed by atoms with Crippen LogP contribution in [-0.4, -0.2) is 53.4 Å². The predicted octanol–water partition coefficient (Wildman–Crippen LogP) is 5.70. The lowest BCUT2D eigenvalue weighted by Gasteiger charge is -2.15.